The minimum absolute atomic E-state index is 0.393. The van der Waals surface area contributed by atoms with Gasteiger partial charge >= 0.3 is 0 Å². The first kappa shape index (κ1) is 16.3. The molecule has 1 saturated heterocycles. The molecular formula is C19H34N2O. The lowest BCUT2D eigenvalue weighted by molar-refractivity contribution is -0.136. The Hall–Kier alpha value is -0.570. The van der Waals surface area contributed by atoms with Crippen LogP contribution in [0.5, 0.6) is 0 Å². The molecule has 2 aliphatic carbocycles. The van der Waals surface area contributed by atoms with Gasteiger partial charge in [0.25, 0.3) is 0 Å². The second-order valence-corrected chi connectivity index (χ2v) is 8.41. The van der Waals surface area contributed by atoms with Crippen LogP contribution in [0.1, 0.15) is 65.2 Å². The first-order valence-corrected chi connectivity index (χ1v) is 9.63. The molecule has 0 spiro atoms. The van der Waals surface area contributed by atoms with Crippen LogP contribution in [0.25, 0.3) is 0 Å². The Labute approximate surface area is 136 Å². The number of likely N-dealkylation sites (tertiary alicyclic amines) is 1. The van der Waals surface area contributed by atoms with Crippen molar-refractivity contribution in [2.24, 2.45) is 17.8 Å². The molecule has 0 aromatic rings. The lowest BCUT2D eigenvalue weighted by atomic mass is 9.91. The zero-order valence-corrected chi connectivity index (χ0v) is 14.6. The molecule has 3 rings (SSSR count). The van der Waals surface area contributed by atoms with Crippen LogP contribution in [0, 0.1) is 17.8 Å². The number of hydrogen-bond acceptors (Lipinski definition) is 2. The minimum atomic E-state index is 0.393. The number of rotatable bonds is 5. The van der Waals surface area contributed by atoms with E-state index in [0.29, 0.717) is 30.3 Å². The van der Waals surface area contributed by atoms with Crippen LogP contribution in [-0.2, 0) is 4.79 Å². The molecule has 1 aliphatic heterocycles. The molecule has 3 nitrogen and oxygen atoms in total. The normalized spacial score (nSPS) is 30.8. The summed E-state index contributed by atoms with van der Waals surface area (Å²) in [5.74, 6) is 2.61. The van der Waals surface area contributed by atoms with E-state index in [4.69, 9.17) is 0 Å². The second-order valence-electron chi connectivity index (χ2n) is 8.41. The Kier molecular flexibility index (Phi) is 5.43. The monoisotopic (exact) mass is 306 g/mol. The van der Waals surface area contributed by atoms with Crippen molar-refractivity contribution in [2.75, 3.05) is 26.2 Å². The molecule has 0 bridgehead atoms. The van der Waals surface area contributed by atoms with Crippen molar-refractivity contribution >= 4 is 5.91 Å². The largest absolute Gasteiger partial charge is 0.341 e. The van der Waals surface area contributed by atoms with Gasteiger partial charge in [-0.25, -0.2) is 0 Å². The number of carbonyl (C=O) groups excluding carboxylic acids is 1. The van der Waals surface area contributed by atoms with Crippen molar-refractivity contribution in [1.82, 2.24) is 9.80 Å². The van der Waals surface area contributed by atoms with Crippen LogP contribution in [-0.4, -0.2) is 47.9 Å². The molecule has 126 valence electrons. The molecule has 0 N–H and O–H groups in total. The zero-order valence-electron chi connectivity index (χ0n) is 14.6. The lowest BCUT2D eigenvalue weighted by Crippen LogP contribution is -2.49. The molecule has 3 fully saturated rings. The van der Waals surface area contributed by atoms with Crippen molar-refractivity contribution < 1.29 is 4.79 Å². The summed E-state index contributed by atoms with van der Waals surface area (Å²) in [5, 5.41) is 0. The number of hydrogen-bond donors (Lipinski definition) is 0. The maximum Gasteiger partial charge on any atom is 0.236 e. The van der Waals surface area contributed by atoms with Crippen molar-refractivity contribution in [3.8, 4) is 0 Å². The zero-order chi connectivity index (χ0) is 15.5. The first-order chi connectivity index (χ1) is 10.6. The van der Waals surface area contributed by atoms with Crippen molar-refractivity contribution in [3.05, 3.63) is 0 Å². The summed E-state index contributed by atoms with van der Waals surface area (Å²) in [6.07, 6.45) is 10.8. The maximum absolute atomic E-state index is 12.8. The van der Waals surface area contributed by atoms with Gasteiger partial charge in [0.2, 0.25) is 5.91 Å². The topological polar surface area (TPSA) is 23.6 Å². The molecule has 1 heterocycles. The summed E-state index contributed by atoms with van der Waals surface area (Å²) >= 11 is 0. The molecule has 22 heavy (non-hydrogen) atoms. The van der Waals surface area contributed by atoms with Gasteiger partial charge < -0.3 is 4.90 Å². The Balaban J connectivity index is 1.57. The smallest absolute Gasteiger partial charge is 0.236 e. The summed E-state index contributed by atoms with van der Waals surface area (Å²) in [7, 11) is 0. The van der Waals surface area contributed by atoms with E-state index < -0.39 is 0 Å². The van der Waals surface area contributed by atoms with Gasteiger partial charge in [-0.3, -0.25) is 9.69 Å². The highest BCUT2D eigenvalue weighted by atomic mass is 16.2. The van der Waals surface area contributed by atoms with E-state index in [1.807, 2.05) is 0 Å². The standard InChI is InChI=1S/C19H34N2O/c1-15-10-16(2)12-21(11-15)19(22)14-20(13-17-8-9-17)18-6-4-3-5-7-18/h15-18H,3-14H2,1-2H3. The van der Waals surface area contributed by atoms with E-state index >= 15 is 0 Å². The number of nitrogens with zero attached hydrogens (tertiary/aromatic N) is 2. The van der Waals surface area contributed by atoms with E-state index in [0.717, 1.165) is 19.0 Å². The van der Waals surface area contributed by atoms with Gasteiger partial charge in [0.15, 0.2) is 0 Å². The van der Waals surface area contributed by atoms with Gasteiger partial charge in [-0.1, -0.05) is 33.1 Å². The average molecular weight is 306 g/mol. The molecule has 3 heteroatoms. The Bertz CT molecular complexity index is 364. The molecule has 0 aromatic heterocycles. The summed E-state index contributed by atoms with van der Waals surface area (Å²) in [6.45, 7) is 8.39. The van der Waals surface area contributed by atoms with Crippen LogP contribution in [0.15, 0.2) is 0 Å². The SMILES string of the molecule is CC1CC(C)CN(C(=O)CN(CC2CC2)C2CCCCC2)C1. The quantitative estimate of drug-likeness (QED) is 0.775. The van der Waals surface area contributed by atoms with Gasteiger partial charge in [-0.15, -0.1) is 0 Å². The Morgan fingerprint density at radius 3 is 2.23 bits per heavy atom. The van der Waals surface area contributed by atoms with Gasteiger partial charge in [0, 0.05) is 25.7 Å². The van der Waals surface area contributed by atoms with Crippen molar-refractivity contribution in [3.63, 3.8) is 0 Å². The van der Waals surface area contributed by atoms with E-state index in [1.54, 1.807) is 0 Å². The molecule has 2 saturated carbocycles. The fourth-order valence-electron chi connectivity index (χ4n) is 4.56. The fourth-order valence-corrected chi connectivity index (χ4v) is 4.56. The lowest BCUT2D eigenvalue weighted by Gasteiger charge is -2.38. The molecule has 2 atom stereocenters. The van der Waals surface area contributed by atoms with Gasteiger partial charge in [-0.05, 0) is 49.9 Å². The minimum Gasteiger partial charge on any atom is -0.341 e. The highest BCUT2D eigenvalue weighted by Gasteiger charge is 2.32. The molecule has 0 radical (unpaired) electrons. The second kappa shape index (κ2) is 7.33. The van der Waals surface area contributed by atoms with E-state index in [1.165, 1.54) is 57.9 Å². The average Bonchev–Trinajstić information content (AvgIpc) is 3.30. The highest BCUT2D eigenvalue weighted by Crippen LogP contribution is 2.32. The molecule has 2 unspecified atom stereocenters. The summed E-state index contributed by atoms with van der Waals surface area (Å²) in [6, 6.07) is 0.679. The van der Waals surface area contributed by atoms with Crippen LogP contribution >= 0.6 is 0 Å². The van der Waals surface area contributed by atoms with Crippen LogP contribution in [0.2, 0.25) is 0 Å². The third-order valence-electron chi connectivity index (χ3n) is 5.84. The van der Waals surface area contributed by atoms with Crippen molar-refractivity contribution in [2.45, 2.75) is 71.3 Å². The maximum atomic E-state index is 12.8. The first-order valence-electron chi connectivity index (χ1n) is 9.63. The number of piperidine rings is 1. The summed E-state index contributed by atoms with van der Waals surface area (Å²) < 4.78 is 0. The fraction of sp³-hybridized carbons (Fsp3) is 0.947. The van der Waals surface area contributed by atoms with Crippen LogP contribution in [0.3, 0.4) is 0 Å². The third kappa shape index (κ3) is 4.47. The van der Waals surface area contributed by atoms with Crippen LogP contribution in [0.4, 0.5) is 0 Å². The van der Waals surface area contributed by atoms with Crippen molar-refractivity contribution in [1.29, 1.82) is 0 Å². The Morgan fingerprint density at radius 2 is 1.64 bits per heavy atom. The van der Waals surface area contributed by atoms with Gasteiger partial charge in [-0.2, -0.15) is 0 Å². The van der Waals surface area contributed by atoms with E-state index in [-0.39, 0.29) is 0 Å². The predicted octanol–water partition coefficient (Wildman–Crippen LogP) is 3.54. The number of amides is 1. The predicted molar refractivity (Wildman–Crippen MR) is 90.7 cm³/mol. The highest BCUT2D eigenvalue weighted by molar-refractivity contribution is 5.78. The molecular weight excluding hydrogens is 272 g/mol. The van der Waals surface area contributed by atoms with Gasteiger partial charge in [0.05, 0.1) is 6.54 Å². The molecule has 3 aliphatic rings. The molecule has 0 aromatic carbocycles. The Morgan fingerprint density at radius 1 is 1.00 bits per heavy atom. The number of carbonyl (C=O) groups is 1. The molecule has 1 amide bonds. The van der Waals surface area contributed by atoms with E-state index in [9.17, 15) is 4.79 Å². The third-order valence-corrected chi connectivity index (χ3v) is 5.84. The summed E-state index contributed by atoms with van der Waals surface area (Å²) in [5.41, 5.74) is 0. The van der Waals surface area contributed by atoms with E-state index in [2.05, 4.69) is 23.6 Å². The van der Waals surface area contributed by atoms with Gasteiger partial charge in [0.1, 0.15) is 0 Å². The van der Waals surface area contributed by atoms with Crippen LogP contribution < -0.4 is 0 Å². The summed E-state index contributed by atoms with van der Waals surface area (Å²) in [4.78, 5) is 17.5.